The number of thiazole rings is 1. The lowest BCUT2D eigenvalue weighted by atomic mass is 9.83. The molecule has 202 valence electrons. The summed E-state index contributed by atoms with van der Waals surface area (Å²) in [7, 11) is 0. The van der Waals surface area contributed by atoms with E-state index in [9.17, 15) is 19.2 Å². The third-order valence-corrected chi connectivity index (χ3v) is 10.5. The van der Waals surface area contributed by atoms with Gasteiger partial charge in [-0.15, -0.1) is 0 Å². The van der Waals surface area contributed by atoms with Crippen LogP contribution in [-0.4, -0.2) is 27.5 Å². The van der Waals surface area contributed by atoms with Gasteiger partial charge in [0.05, 0.1) is 26.7 Å². The summed E-state index contributed by atoms with van der Waals surface area (Å²) >= 11 is 21.1. The summed E-state index contributed by atoms with van der Waals surface area (Å²) in [5, 5.41) is 3.39. The summed E-state index contributed by atoms with van der Waals surface area (Å²) < 4.78 is 1.35. The summed E-state index contributed by atoms with van der Waals surface area (Å²) in [6.07, 6.45) is 0. The molecule has 7 nitrogen and oxygen atoms in total. The van der Waals surface area contributed by atoms with Crippen molar-refractivity contribution in [3.63, 3.8) is 0 Å². The molecule has 0 radical (unpaired) electrons. The fraction of sp³-hybridized carbons (Fsp3) is 0.143. The number of rotatable bonds is 5. The normalized spacial score (nSPS) is 19.9. The molecule has 1 fully saturated rings. The number of fused-ring (bicyclic) bond motifs is 2. The van der Waals surface area contributed by atoms with Crippen LogP contribution >= 0.6 is 57.9 Å². The molecule has 2 aliphatic heterocycles. The number of amides is 3. The molecule has 0 saturated carbocycles. The summed E-state index contributed by atoms with van der Waals surface area (Å²) in [6, 6.07) is 20.4. The standard InChI is InChI=1S/C28H18Cl3N3O4S2/c29-14-9-11-16(12-10-14)34-25(36)21-20(17-7-4-8-18(30)22(17)31)24-27(39-23(21)26(34)37)33(28(38)40-24)13-19(35)32-15-5-2-1-3-6-15/h1-12,20-21,23H,13H2,(H,32,35)/t20-,21-,23+/m0/s1. The molecule has 3 aromatic carbocycles. The zero-order valence-electron chi connectivity index (χ0n) is 20.3. The Labute approximate surface area is 251 Å². The van der Waals surface area contributed by atoms with Gasteiger partial charge in [-0.05, 0) is 48.0 Å². The number of hydrogen-bond acceptors (Lipinski definition) is 6. The minimum atomic E-state index is -0.854. The van der Waals surface area contributed by atoms with Crippen LogP contribution in [0.5, 0.6) is 0 Å². The van der Waals surface area contributed by atoms with E-state index in [4.69, 9.17) is 34.8 Å². The van der Waals surface area contributed by atoms with Gasteiger partial charge in [0.2, 0.25) is 17.7 Å². The number of para-hydroxylation sites is 1. The Morgan fingerprint density at radius 1 is 0.875 bits per heavy atom. The minimum absolute atomic E-state index is 0.241. The molecule has 0 aliphatic carbocycles. The molecular formula is C28H18Cl3N3O4S2. The van der Waals surface area contributed by atoms with E-state index < -0.39 is 34.8 Å². The number of nitrogens with zero attached hydrogens (tertiary/aromatic N) is 2. The van der Waals surface area contributed by atoms with Crippen molar-refractivity contribution in [3.8, 4) is 0 Å². The molecule has 3 heterocycles. The third kappa shape index (κ3) is 4.65. The van der Waals surface area contributed by atoms with Crippen LogP contribution in [0.4, 0.5) is 11.4 Å². The number of nitrogens with one attached hydrogen (secondary N) is 1. The van der Waals surface area contributed by atoms with Gasteiger partial charge in [0.25, 0.3) is 0 Å². The third-order valence-electron chi connectivity index (χ3n) is 6.81. The van der Waals surface area contributed by atoms with Gasteiger partial charge >= 0.3 is 4.87 Å². The van der Waals surface area contributed by atoms with Crippen molar-refractivity contribution in [3.05, 3.63) is 108 Å². The second-order valence-electron chi connectivity index (χ2n) is 9.21. The van der Waals surface area contributed by atoms with Gasteiger partial charge in [-0.2, -0.15) is 0 Å². The van der Waals surface area contributed by atoms with E-state index in [2.05, 4.69) is 5.32 Å². The first-order chi connectivity index (χ1) is 19.2. The van der Waals surface area contributed by atoms with E-state index >= 15 is 0 Å². The molecule has 6 rings (SSSR count). The van der Waals surface area contributed by atoms with E-state index in [0.29, 0.717) is 31.9 Å². The predicted octanol–water partition coefficient (Wildman–Crippen LogP) is 6.30. The van der Waals surface area contributed by atoms with Crippen molar-refractivity contribution in [2.75, 3.05) is 10.2 Å². The van der Waals surface area contributed by atoms with E-state index in [1.54, 1.807) is 66.7 Å². The van der Waals surface area contributed by atoms with Gasteiger partial charge in [-0.25, -0.2) is 4.90 Å². The second-order valence-corrected chi connectivity index (χ2v) is 12.6. The first kappa shape index (κ1) is 27.1. The molecule has 3 amide bonds. The lowest BCUT2D eigenvalue weighted by Crippen LogP contribution is -2.33. The molecule has 40 heavy (non-hydrogen) atoms. The van der Waals surface area contributed by atoms with Crippen LogP contribution in [0.15, 0.2) is 82.6 Å². The van der Waals surface area contributed by atoms with Crippen molar-refractivity contribution < 1.29 is 14.4 Å². The fourth-order valence-corrected chi connectivity index (χ4v) is 8.38. The maximum absolute atomic E-state index is 13.9. The maximum atomic E-state index is 13.9. The zero-order chi connectivity index (χ0) is 28.1. The second kappa shape index (κ2) is 10.7. The van der Waals surface area contributed by atoms with Gasteiger partial charge in [0.15, 0.2) is 0 Å². The first-order valence-electron chi connectivity index (χ1n) is 12.1. The Kier molecular flexibility index (Phi) is 7.27. The van der Waals surface area contributed by atoms with E-state index in [1.165, 1.54) is 4.57 Å². The average Bonchev–Trinajstić information content (AvgIpc) is 3.38. The molecule has 1 saturated heterocycles. The molecule has 1 N–H and O–H groups in total. The highest BCUT2D eigenvalue weighted by molar-refractivity contribution is 8.00. The van der Waals surface area contributed by atoms with Crippen LogP contribution in [0.1, 0.15) is 16.4 Å². The molecule has 0 bridgehead atoms. The fourth-order valence-electron chi connectivity index (χ4n) is 5.06. The van der Waals surface area contributed by atoms with Gasteiger partial charge < -0.3 is 5.32 Å². The highest BCUT2D eigenvalue weighted by Gasteiger charge is 2.57. The van der Waals surface area contributed by atoms with Crippen LogP contribution in [-0.2, 0) is 20.9 Å². The number of hydrogen-bond donors (Lipinski definition) is 1. The smallest absolute Gasteiger partial charge is 0.308 e. The number of carbonyl (C=O) groups is 3. The summed E-state index contributed by atoms with van der Waals surface area (Å²) in [5.74, 6) is -2.80. The summed E-state index contributed by atoms with van der Waals surface area (Å²) in [5.41, 5.74) is 1.52. The Morgan fingerprint density at radius 2 is 1.60 bits per heavy atom. The summed E-state index contributed by atoms with van der Waals surface area (Å²) in [4.78, 5) is 55.2. The van der Waals surface area contributed by atoms with Gasteiger partial charge in [-0.1, -0.05) is 88.2 Å². The zero-order valence-corrected chi connectivity index (χ0v) is 24.2. The number of halogens is 3. The Morgan fingerprint density at radius 3 is 2.33 bits per heavy atom. The van der Waals surface area contributed by atoms with Crippen LogP contribution in [0, 0.1) is 5.92 Å². The maximum Gasteiger partial charge on any atom is 0.308 e. The lowest BCUT2D eigenvalue weighted by Gasteiger charge is -2.31. The van der Waals surface area contributed by atoms with E-state index in [1.807, 2.05) is 6.07 Å². The highest BCUT2D eigenvalue weighted by atomic mass is 35.5. The SMILES string of the molecule is O=C(Cn1c2c(sc1=O)[C@@H](c1cccc(Cl)c1Cl)[C@@H]1C(=O)N(c3ccc(Cl)cc3)C(=O)[C@@H]1S2)Nc1ccccc1. The van der Waals surface area contributed by atoms with Gasteiger partial charge in [-0.3, -0.25) is 23.7 Å². The molecule has 4 aromatic rings. The van der Waals surface area contributed by atoms with Crippen LogP contribution in [0.2, 0.25) is 15.1 Å². The monoisotopic (exact) mass is 629 g/mol. The number of carbonyl (C=O) groups excluding carboxylic acids is 3. The lowest BCUT2D eigenvalue weighted by molar-refractivity contribution is -0.122. The summed E-state index contributed by atoms with van der Waals surface area (Å²) in [6.45, 7) is -0.261. The van der Waals surface area contributed by atoms with Crippen molar-refractivity contribution in [1.29, 1.82) is 0 Å². The topological polar surface area (TPSA) is 88.5 Å². The number of thioether (sulfide) groups is 1. The number of anilines is 2. The number of imide groups is 1. The molecular weight excluding hydrogens is 613 g/mol. The van der Waals surface area contributed by atoms with Crippen molar-refractivity contribution in [2.24, 2.45) is 5.92 Å². The molecule has 1 aromatic heterocycles. The Bertz CT molecular complexity index is 1720. The predicted molar refractivity (Wildman–Crippen MR) is 159 cm³/mol. The molecule has 12 heteroatoms. The van der Waals surface area contributed by atoms with Crippen LogP contribution < -0.4 is 15.1 Å². The van der Waals surface area contributed by atoms with E-state index in [-0.39, 0.29) is 21.5 Å². The van der Waals surface area contributed by atoms with E-state index in [0.717, 1.165) is 28.0 Å². The Balaban J connectivity index is 1.45. The quantitative estimate of drug-likeness (QED) is 0.261. The average molecular weight is 631 g/mol. The molecule has 0 spiro atoms. The first-order valence-corrected chi connectivity index (χ1v) is 14.9. The van der Waals surface area contributed by atoms with Crippen molar-refractivity contribution in [2.45, 2.75) is 22.7 Å². The van der Waals surface area contributed by atoms with Crippen molar-refractivity contribution >= 4 is 87.0 Å². The van der Waals surface area contributed by atoms with Gasteiger partial charge in [0, 0.05) is 21.5 Å². The largest absolute Gasteiger partial charge is 0.325 e. The Hall–Kier alpha value is -3.08. The van der Waals surface area contributed by atoms with Gasteiger partial charge in [0.1, 0.15) is 11.8 Å². The number of aromatic nitrogens is 1. The molecule has 2 aliphatic rings. The molecule has 3 atom stereocenters. The minimum Gasteiger partial charge on any atom is -0.325 e. The van der Waals surface area contributed by atoms with Crippen LogP contribution in [0.25, 0.3) is 0 Å². The molecule has 0 unspecified atom stereocenters. The van der Waals surface area contributed by atoms with Crippen LogP contribution in [0.3, 0.4) is 0 Å². The number of benzene rings is 3. The highest BCUT2D eigenvalue weighted by Crippen LogP contribution is 2.55. The van der Waals surface area contributed by atoms with Crippen molar-refractivity contribution in [1.82, 2.24) is 4.57 Å².